The van der Waals surface area contributed by atoms with Crippen LogP contribution in [0.2, 0.25) is 0 Å². The lowest BCUT2D eigenvalue weighted by Crippen LogP contribution is -2.20. The summed E-state index contributed by atoms with van der Waals surface area (Å²) in [7, 11) is 0. The van der Waals surface area contributed by atoms with Gasteiger partial charge in [0.05, 0.1) is 6.61 Å². The number of hydrogen-bond donors (Lipinski definition) is 0. The van der Waals surface area contributed by atoms with Gasteiger partial charge in [0.15, 0.2) is 5.78 Å². The van der Waals surface area contributed by atoms with Crippen molar-refractivity contribution in [3.05, 3.63) is 22.4 Å². The van der Waals surface area contributed by atoms with Crippen LogP contribution in [0.5, 0.6) is 0 Å². The minimum absolute atomic E-state index is 0.177. The zero-order chi connectivity index (χ0) is 10.4. The maximum absolute atomic E-state index is 11.2. The van der Waals surface area contributed by atoms with E-state index in [9.17, 15) is 4.79 Å². The van der Waals surface area contributed by atoms with Crippen molar-refractivity contribution in [1.82, 2.24) is 0 Å². The van der Waals surface area contributed by atoms with Crippen molar-refractivity contribution in [1.29, 1.82) is 0 Å². The van der Waals surface area contributed by atoms with Crippen molar-refractivity contribution in [3.8, 4) is 0 Å². The molecular weight excluding hydrogens is 196 g/mol. The van der Waals surface area contributed by atoms with Crippen LogP contribution < -0.4 is 0 Å². The Hall–Kier alpha value is -0.670. The summed E-state index contributed by atoms with van der Waals surface area (Å²) in [6, 6.07) is 4.11. The van der Waals surface area contributed by atoms with E-state index in [0.717, 1.165) is 6.42 Å². The molecule has 3 heteroatoms. The first-order valence-corrected chi connectivity index (χ1v) is 5.78. The molecule has 0 saturated carbocycles. The Labute approximate surface area is 88.9 Å². The minimum Gasteiger partial charge on any atom is -0.370 e. The molecular formula is C11H16O2S. The van der Waals surface area contributed by atoms with Gasteiger partial charge in [-0.3, -0.25) is 4.79 Å². The number of carbonyl (C=O) groups excluding carboxylic acids is 1. The SMILES string of the molecule is CCC(=O)C(C)OCCc1cccs1. The van der Waals surface area contributed by atoms with Gasteiger partial charge < -0.3 is 4.74 Å². The van der Waals surface area contributed by atoms with Gasteiger partial charge in [0.25, 0.3) is 0 Å². The second-order valence-electron chi connectivity index (χ2n) is 3.16. The van der Waals surface area contributed by atoms with Crippen LogP contribution in [0.25, 0.3) is 0 Å². The first-order chi connectivity index (χ1) is 6.74. The van der Waals surface area contributed by atoms with Gasteiger partial charge in [0.1, 0.15) is 6.10 Å². The highest BCUT2D eigenvalue weighted by Gasteiger charge is 2.10. The molecule has 78 valence electrons. The van der Waals surface area contributed by atoms with Crippen molar-refractivity contribution in [2.45, 2.75) is 32.8 Å². The van der Waals surface area contributed by atoms with Crippen LogP contribution in [0.4, 0.5) is 0 Å². The zero-order valence-electron chi connectivity index (χ0n) is 8.66. The van der Waals surface area contributed by atoms with Crippen LogP contribution in [0.1, 0.15) is 25.1 Å². The highest BCUT2D eigenvalue weighted by molar-refractivity contribution is 7.09. The fraction of sp³-hybridized carbons (Fsp3) is 0.545. The molecule has 0 aliphatic heterocycles. The van der Waals surface area contributed by atoms with Gasteiger partial charge in [0.2, 0.25) is 0 Å². The van der Waals surface area contributed by atoms with E-state index in [4.69, 9.17) is 4.74 Å². The lowest BCUT2D eigenvalue weighted by Gasteiger charge is -2.09. The number of hydrogen-bond acceptors (Lipinski definition) is 3. The lowest BCUT2D eigenvalue weighted by atomic mass is 10.2. The maximum Gasteiger partial charge on any atom is 0.160 e. The highest BCUT2D eigenvalue weighted by Crippen LogP contribution is 2.09. The summed E-state index contributed by atoms with van der Waals surface area (Å²) in [5.41, 5.74) is 0. The van der Waals surface area contributed by atoms with Crippen LogP contribution in [0, 0.1) is 0 Å². The number of carbonyl (C=O) groups is 1. The number of ether oxygens (including phenoxy) is 1. The molecule has 14 heavy (non-hydrogen) atoms. The lowest BCUT2D eigenvalue weighted by molar-refractivity contribution is -0.129. The largest absolute Gasteiger partial charge is 0.370 e. The van der Waals surface area contributed by atoms with Crippen LogP contribution in [0.15, 0.2) is 17.5 Å². The predicted octanol–water partition coefficient (Wildman–Crippen LogP) is 2.67. The van der Waals surface area contributed by atoms with E-state index in [2.05, 4.69) is 11.4 Å². The van der Waals surface area contributed by atoms with Crippen molar-refractivity contribution in [2.24, 2.45) is 0 Å². The molecule has 0 aliphatic rings. The van der Waals surface area contributed by atoms with Gasteiger partial charge in [-0.1, -0.05) is 13.0 Å². The number of Topliss-reactive ketones (excluding diaryl/α,β-unsaturated/α-hetero) is 1. The summed E-state index contributed by atoms with van der Waals surface area (Å²) < 4.78 is 5.43. The summed E-state index contributed by atoms with van der Waals surface area (Å²) in [6.07, 6.45) is 1.21. The fourth-order valence-corrected chi connectivity index (χ4v) is 1.86. The van der Waals surface area contributed by atoms with Gasteiger partial charge in [-0.15, -0.1) is 11.3 Å². The Balaban J connectivity index is 2.18. The predicted molar refractivity (Wildman–Crippen MR) is 58.7 cm³/mol. The second-order valence-corrected chi connectivity index (χ2v) is 4.19. The summed E-state index contributed by atoms with van der Waals surface area (Å²) >= 11 is 1.72. The Morgan fingerprint density at radius 2 is 2.43 bits per heavy atom. The molecule has 0 aromatic carbocycles. The molecule has 1 atom stereocenters. The molecule has 0 radical (unpaired) electrons. The van der Waals surface area contributed by atoms with E-state index < -0.39 is 0 Å². The van der Waals surface area contributed by atoms with Crippen molar-refractivity contribution in [2.75, 3.05) is 6.61 Å². The summed E-state index contributed by atoms with van der Waals surface area (Å²) in [5.74, 6) is 0.177. The highest BCUT2D eigenvalue weighted by atomic mass is 32.1. The van der Waals surface area contributed by atoms with E-state index in [1.165, 1.54) is 4.88 Å². The summed E-state index contributed by atoms with van der Waals surface area (Å²) in [6.45, 7) is 4.31. The molecule has 1 rings (SSSR count). The van der Waals surface area contributed by atoms with Crippen LogP contribution in [-0.2, 0) is 16.0 Å². The molecule has 0 aliphatic carbocycles. The maximum atomic E-state index is 11.2. The monoisotopic (exact) mass is 212 g/mol. The molecule has 0 saturated heterocycles. The third kappa shape index (κ3) is 3.60. The van der Waals surface area contributed by atoms with Gasteiger partial charge in [0, 0.05) is 17.7 Å². The van der Waals surface area contributed by atoms with Crippen molar-refractivity contribution in [3.63, 3.8) is 0 Å². The molecule has 2 nitrogen and oxygen atoms in total. The van der Waals surface area contributed by atoms with E-state index in [0.29, 0.717) is 13.0 Å². The van der Waals surface area contributed by atoms with Crippen molar-refractivity contribution >= 4 is 17.1 Å². The van der Waals surface area contributed by atoms with E-state index in [1.54, 1.807) is 11.3 Å². The molecule has 1 aromatic rings. The second kappa shape index (κ2) is 5.94. The molecule has 1 heterocycles. The molecule has 1 unspecified atom stereocenters. The molecule has 0 bridgehead atoms. The van der Waals surface area contributed by atoms with Crippen LogP contribution in [0.3, 0.4) is 0 Å². The van der Waals surface area contributed by atoms with E-state index in [-0.39, 0.29) is 11.9 Å². The van der Waals surface area contributed by atoms with Gasteiger partial charge >= 0.3 is 0 Å². The number of rotatable bonds is 6. The first kappa shape index (κ1) is 11.4. The van der Waals surface area contributed by atoms with E-state index in [1.807, 2.05) is 19.9 Å². The summed E-state index contributed by atoms with van der Waals surface area (Å²) in [5, 5.41) is 2.05. The molecule has 0 fully saturated rings. The van der Waals surface area contributed by atoms with E-state index >= 15 is 0 Å². The Morgan fingerprint density at radius 1 is 1.64 bits per heavy atom. The van der Waals surface area contributed by atoms with Gasteiger partial charge in [-0.25, -0.2) is 0 Å². The van der Waals surface area contributed by atoms with Crippen molar-refractivity contribution < 1.29 is 9.53 Å². The topological polar surface area (TPSA) is 26.3 Å². The normalized spacial score (nSPS) is 12.7. The molecule has 0 N–H and O–H groups in total. The third-order valence-electron chi connectivity index (χ3n) is 2.10. The molecule has 0 spiro atoms. The third-order valence-corrected chi connectivity index (χ3v) is 3.03. The van der Waals surface area contributed by atoms with Crippen LogP contribution >= 0.6 is 11.3 Å². The van der Waals surface area contributed by atoms with Crippen LogP contribution in [-0.4, -0.2) is 18.5 Å². The summed E-state index contributed by atoms with van der Waals surface area (Å²) in [4.78, 5) is 12.5. The first-order valence-electron chi connectivity index (χ1n) is 4.90. The quantitative estimate of drug-likeness (QED) is 0.724. The fourth-order valence-electron chi connectivity index (χ4n) is 1.17. The van der Waals surface area contributed by atoms with Gasteiger partial charge in [-0.05, 0) is 18.4 Å². The average Bonchev–Trinajstić information content (AvgIpc) is 2.69. The number of thiophene rings is 1. The standard InChI is InChI=1S/C11H16O2S/c1-3-11(12)9(2)13-7-6-10-5-4-8-14-10/h4-5,8-9H,3,6-7H2,1-2H3. The van der Waals surface area contributed by atoms with Gasteiger partial charge in [-0.2, -0.15) is 0 Å². The Bertz CT molecular complexity index is 267. The average molecular weight is 212 g/mol. The zero-order valence-corrected chi connectivity index (χ0v) is 9.47. The number of ketones is 1. The molecule has 1 aromatic heterocycles. The molecule has 0 amide bonds. The Morgan fingerprint density at radius 3 is 3.00 bits per heavy atom. The minimum atomic E-state index is -0.250. The smallest absolute Gasteiger partial charge is 0.160 e. The Kier molecular flexibility index (Phi) is 4.84.